The summed E-state index contributed by atoms with van der Waals surface area (Å²) < 4.78 is 0. The van der Waals surface area contributed by atoms with Gasteiger partial charge in [-0.15, -0.1) is 11.8 Å². The molecule has 1 rings (SSSR count). The van der Waals surface area contributed by atoms with Gasteiger partial charge in [0.25, 0.3) is 0 Å². The van der Waals surface area contributed by atoms with E-state index in [0.717, 1.165) is 18.1 Å². The summed E-state index contributed by atoms with van der Waals surface area (Å²) in [7, 11) is 0. The zero-order valence-corrected chi connectivity index (χ0v) is 9.55. The fourth-order valence-corrected chi connectivity index (χ4v) is 1.94. The number of hydrogen-bond acceptors (Lipinski definition) is 4. The average Bonchev–Trinajstić information content (AvgIpc) is 2.20. The summed E-state index contributed by atoms with van der Waals surface area (Å²) in [6, 6.07) is 1.95. The van der Waals surface area contributed by atoms with E-state index < -0.39 is 0 Å². The Morgan fingerprint density at radius 3 is 3.07 bits per heavy atom. The van der Waals surface area contributed by atoms with Gasteiger partial charge in [0.15, 0.2) is 0 Å². The Balaban J connectivity index is 2.23. The van der Waals surface area contributed by atoms with Gasteiger partial charge in [0, 0.05) is 18.0 Å². The molecule has 0 aliphatic carbocycles. The van der Waals surface area contributed by atoms with Crippen molar-refractivity contribution in [1.82, 2.24) is 15.3 Å². The molecule has 4 heteroatoms. The van der Waals surface area contributed by atoms with E-state index >= 15 is 0 Å². The summed E-state index contributed by atoms with van der Waals surface area (Å²) in [4.78, 5) is 8.06. The van der Waals surface area contributed by atoms with Crippen molar-refractivity contribution in [2.45, 2.75) is 30.5 Å². The van der Waals surface area contributed by atoms with Gasteiger partial charge in [-0.1, -0.05) is 13.8 Å². The number of hydrogen-bond donors (Lipinski definition) is 1. The van der Waals surface area contributed by atoms with E-state index in [1.165, 1.54) is 6.42 Å². The third kappa shape index (κ3) is 4.58. The van der Waals surface area contributed by atoms with Crippen LogP contribution in [0.3, 0.4) is 0 Å². The SMILES string of the molecule is CCCNCC(C)Sc1ccncn1. The standard InChI is InChI=1S/C10H17N3S/c1-3-5-11-7-9(2)14-10-4-6-12-8-13-10/h4,6,8-9,11H,3,5,7H2,1-2H3. The molecule has 3 nitrogen and oxygen atoms in total. The first-order valence-corrected chi connectivity index (χ1v) is 5.84. The summed E-state index contributed by atoms with van der Waals surface area (Å²) in [5.74, 6) is 0. The highest BCUT2D eigenvalue weighted by Gasteiger charge is 2.03. The van der Waals surface area contributed by atoms with Crippen molar-refractivity contribution >= 4 is 11.8 Å². The van der Waals surface area contributed by atoms with Crippen LogP contribution in [-0.2, 0) is 0 Å². The Kier molecular flexibility index (Phi) is 5.56. The smallest absolute Gasteiger partial charge is 0.116 e. The Hall–Kier alpha value is -0.610. The second kappa shape index (κ2) is 6.79. The second-order valence-corrected chi connectivity index (χ2v) is 4.64. The van der Waals surface area contributed by atoms with Gasteiger partial charge in [-0.3, -0.25) is 0 Å². The van der Waals surface area contributed by atoms with Gasteiger partial charge in [-0.2, -0.15) is 0 Å². The summed E-state index contributed by atoms with van der Waals surface area (Å²) in [5.41, 5.74) is 0. The van der Waals surface area contributed by atoms with E-state index in [2.05, 4.69) is 29.1 Å². The zero-order valence-electron chi connectivity index (χ0n) is 8.73. The maximum Gasteiger partial charge on any atom is 0.116 e. The molecule has 1 N–H and O–H groups in total. The molecule has 0 amide bonds. The lowest BCUT2D eigenvalue weighted by atomic mass is 10.4. The maximum atomic E-state index is 4.17. The fourth-order valence-electron chi connectivity index (χ4n) is 1.08. The van der Waals surface area contributed by atoms with Crippen molar-refractivity contribution in [3.63, 3.8) is 0 Å². The number of rotatable bonds is 6. The highest BCUT2D eigenvalue weighted by atomic mass is 32.2. The minimum atomic E-state index is 0.552. The van der Waals surface area contributed by atoms with Crippen LogP contribution in [0.5, 0.6) is 0 Å². The van der Waals surface area contributed by atoms with E-state index in [-0.39, 0.29) is 0 Å². The molecule has 1 heterocycles. The average molecular weight is 211 g/mol. The highest BCUT2D eigenvalue weighted by molar-refractivity contribution is 7.99. The van der Waals surface area contributed by atoms with Crippen molar-refractivity contribution < 1.29 is 0 Å². The van der Waals surface area contributed by atoms with E-state index in [1.54, 1.807) is 24.3 Å². The Morgan fingerprint density at radius 2 is 2.43 bits per heavy atom. The monoisotopic (exact) mass is 211 g/mol. The minimum absolute atomic E-state index is 0.552. The molecule has 0 radical (unpaired) electrons. The number of aromatic nitrogens is 2. The van der Waals surface area contributed by atoms with Crippen molar-refractivity contribution in [2.24, 2.45) is 0 Å². The lowest BCUT2D eigenvalue weighted by molar-refractivity contribution is 0.668. The predicted octanol–water partition coefficient (Wildman–Crippen LogP) is 1.96. The van der Waals surface area contributed by atoms with Crippen LogP contribution in [0.25, 0.3) is 0 Å². The third-order valence-corrected chi connectivity index (χ3v) is 2.79. The van der Waals surface area contributed by atoms with Crippen LogP contribution in [0.15, 0.2) is 23.6 Å². The van der Waals surface area contributed by atoms with Gasteiger partial charge in [-0.25, -0.2) is 9.97 Å². The van der Waals surface area contributed by atoms with Gasteiger partial charge in [-0.05, 0) is 19.0 Å². The quantitative estimate of drug-likeness (QED) is 0.443. The topological polar surface area (TPSA) is 37.8 Å². The van der Waals surface area contributed by atoms with Crippen molar-refractivity contribution in [1.29, 1.82) is 0 Å². The molecule has 0 aliphatic rings. The van der Waals surface area contributed by atoms with E-state index in [9.17, 15) is 0 Å². The van der Waals surface area contributed by atoms with Gasteiger partial charge < -0.3 is 5.32 Å². The van der Waals surface area contributed by atoms with Crippen LogP contribution >= 0.6 is 11.8 Å². The lowest BCUT2D eigenvalue weighted by Crippen LogP contribution is -2.23. The van der Waals surface area contributed by atoms with Crippen LogP contribution < -0.4 is 5.32 Å². The molecule has 1 atom stereocenters. The van der Waals surface area contributed by atoms with Crippen molar-refractivity contribution in [2.75, 3.05) is 13.1 Å². The van der Waals surface area contributed by atoms with Crippen LogP contribution in [0.1, 0.15) is 20.3 Å². The third-order valence-electron chi connectivity index (χ3n) is 1.74. The Labute approximate surface area is 89.7 Å². The first-order valence-electron chi connectivity index (χ1n) is 4.96. The fraction of sp³-hybridized carbons (Fsp3) is 0.600. The highest BCUT2D eigenvalue weighted by Crippen LogP contribution is 2.18. The van der Waals surface area contributed by atoms with Gasteiger partial charge in [0.1, 0.15) is 6.33 Å². The minimum Gasteiger partial charge on any atom is -0.316 e. The normalized spacial score (nSPS) is 12.7. The molecule has 0 spiro atoms. The molecule has 0 saturated heterocycles. The summed E-state index contributed by atoms with van der Waals surface area (Å²) in [6.45, 7) is 6.50. The molecule has 0 bridgehead atoms. The largest absolute Gasteiger partial charge is 0.316 e. The van der Waals surface area contributed by atoms with Crippen LogP contribution in [0.4, 0.5) is 0 Å². The second-order valence-electron chi connectivity index (χ2n) is 3.18. The Morgan fingerprint density at radius 1 is 1.57 bits per heavy atom. The summed E-state index contributed by atoms with van der Waals surface area (Å²) >= 11 is 1.78. The van der Waals surface area contributed by atoms with Gasteiger partial charge in [0.05, 0.1) is 5.03 Å². The number of nitrogens with zero attached hydrogens (tertiary/aromatic N) is 2. The van der Waals surface area contributed by atoms with E-state index in [0.29, 0.717) is 5.25 Å². The van der Waals surface area contributed by atoms with Crippen molar-refractivity contribution in [3.8, 4) is 0 Å². The molecule has 1 aromatic heterocycles. The predicted molar refractivity (Wildman–Crippen MR) is 60.5 cm³/mol. The first kappa shape index (κ1) is 11.5. The summed E-state index contributed by atoms with van der Waals surface area (Å²) in [6.07, 6.45) is 4.56. The molecule has 0 aromatic carbocycles. The Bertz CT molecular complexity index is 240. The molecule has 78 valence electrons. The van der Waals surface area contributed by atoms with Crippen LogP contribution in [-0.4, -0.2) is 28.3 Å². The first-order chi connectivity index (χ1) is 6.83. The van der Waals surface area contributed by atoms with Gasteiger partial charge in [0.2, 0.25) is 0 Å². The summed E-state index contributed by atoms with van der Waals surface area (Å²) in [5, 5.41) is 4.99. The van der Waals surface area contributed by atoms with E-state index in [1.807, 2.05) is 6.07 Å². The van der Waals surface area contributed by atoms with E-state index in [4.69, 9.17) is 0 Å². The number of thioether (sulfide) groups is 1. The molecule has 0 fully saturated rings. The van der Waals surface area contributed by atoms with Crippen LogP contribution in [0, 0.1) is 0 Å². The van der Waals surface area contributed by atoms with Crippen molar-refractivity contribution in [3.05, 3.63) is 18.6 Å². The molecular weight excluding hydrogens is 194 g/mol. The molecule has 1 unspecified atom stereocenters. The molecule has 14 heavy (non-hydrogen) atoms. The molecular formula is C10H17N3S. The lowest BCUT2D eigenvalue weighted by Gasteiger charge is -2.10. The molecule has 1 aromatic rings. The zero-order chi connectivity index (χ0) is 10.2. The number of nitrogens with one attached hydrogen (secondary N) is 1. The molecule has 0 saturated carbocycles. The molecule has 0 aliphatic heterocycles. The van der Waals surface area contributed by atoms with Gasteiger partial charge >= 0.3 is 0 Å². The maximum absolute atomic E-state index is 4.17. The van der Waals surface area contributed by atoms with Crippen LogP contribution in [0.2, 0.25) is 0 Å².